The van der Waals surface area contributed by atoms with Crippen molar-refractivity contribution in [2.24, 2.45) is 5.41 Å². The van der Waals surface area contributed by atoms with Crippen LogP contribution in [0.2, 0.25) is 0 Å². The van der Waals surface area contributed by atoms with Crippen LogP contribution < -0.4 is 15.8 Å². The number of hydrogen-bond acceptors (Lipinski definition) is 3. The summed E-state index contributed by atoms with van der Waals surface area (Å²) in [5.74, 6) is 0.739. The lowest BCUT2D eigenvalue weighted by atomic mass is 9.66. The van der Waals surface area contributed by atoms with Crippen LogP contribution in [0.3, 0.4) is 0 Å². The molecule has 98 valence electrons. The van der Waals surface area contributed by atoms with Gasteiger partial charge in [-0.1, -0.05) is 13.3 Å². The average Bonchev–Trinajstić information content (AvgIpc) is 2.28. The Kier molecular flexibility index (Phi) is 3.45. The summed E-state index contributed by atoms with van der Waals surface area (Å²) in [6.45, 7) is 2.07. The van der Waals surface area contributed by atoms with Crippen molar-refractivity contribution >= 4 is 17.3 Å². The van der Waals surface area contributed by atoms with E-state index >= 15 is 0 Å². The van der Waals surface area contributed by atoms with Crippen molar-refractivity contribution < 1.29 is 9.53 Å². The van der Waals surface area contributed by atoms with E-state index in [1.54, 1.807) is 19.2 Å². The molecule has 3 N–H and O–H groups in total. The standard InChI is InChI=1S/C14H20N2O2/c1-3-14(7-4-8-14)13(17)16-10-5-6-12(18-2)11(15)9-10/h5-6,9H,3-4,7-8,15H2,1-2H3,(H,16,17). The van der Waals surface area contributed by atoms with Crippen LogP contribution in [0, 0.1) is 5.41 Å². The number of anilines is 2. The van der Waals surface area contributed by atoms with E-state index < -0.39 is 0 Å². The summed E-state index contributed by atoms with van der Waals surface area (Å²) in [6, 6.07) is 5.32. The summed E-state index contributed by atoms with van der Waals surface area (Å²) in [4.78, 5) is 12.2. The van der Waals surface area contributed by atoms with Gasteiger partial charge in [-0.25, -0.2) is 0 Å². The van der Waals surface area contributed by atoms with Gasteiger partial charge in [-0.15, -0.1) is 0 Å². The van der Waals surface area contributed by atoms with Crippen LogP contribution in [0.4, 0.5) is 11.4 Å². The molecule has 4 nitrogen and oxygen atoms in total. The number of nitrogens with one attached hydrogen (secondary N) is 1. The number of amides is 1. The molecule has 0 saturated heterocycles. The maximum atomic E-state index is 12.2. The summed E-state index contributed by atoms with van der Waals surface area (Å²) < 4.78 is 5.09. The van der Waals surface area contributed by atoms with Crippen LogP contribution in [-0.4, -0.2) is 13.0 Å². The largest absolute Gasteiger partial charge is 0.495 e. The smallest absolute Gasteiger partial charge is 0.230 e. The second kappa shape index (κ2) is 4.88. The Morgan fingerprint density at radius 3 is 2.67 bits per heavy atom. The zero-order valence-corrected chi connectivity index (χ0v) is 11.0. The summed E-state index contributed by atoms with van der Waals surface area (Å²) in [5, 5.41) is 2.95. The predicted octanol–water partition coefficient (Wildman–Crippen LogP) is 2.80. The van der Waals surface area contributed by atoms with Crippen LogP contribution in [-0.2, 0) is 4.79 Å². The number of hydrogen-bond donors (Lipinski definition) is 2. The normalized spacial score (nSPS) is 16.8. The first kappa shape index (κ1) is 12.7. The highest BCUT2D eigenvalue weighted by Crippen LogP contribution is 2.44. The van der Waals surface area contributed by atoms with Crippen molar-refractivity contribution in [2.45, 2.75) is 32.6 Å². The Balaban J connectivity index is 2.10. The lowest BCUT2D eigenvalue weighted by Crippen LogP contribution is -2.41. The third-order valence-electron chi connectivity index (χ3n) is 3.96. The molecule has 2 rings (SSSR count). The first-order chi connectivity index (χ1) is 8.61. The molecule has 18 heavy (non-hydrogen) atoms. The predicted molar refractivity (Wildman–Crippen MR) is 72.6 cm³/mol. The lowest BCUT2D eigenvalue weighted by molar-refractivity contribution is -0.130. The summed E-state index contributed by atoms with van der Waals surface area (Å²) >= 11 is 0. The molecule has 0 heterocycles. The van der Waals surface area contributed by atoms with E-state index in [1.807, 2.05) is 6.07 Å². The highest BCUT2D eigenvalue weighted by molar-refractivity contribution is 5.96. The molecule has 0 bridgehead atoms. The van der Waals surface area contributed by atoms with Gasteiger partial charge in [0.05, 0.1) is 12.8 Å². The van der Waals surface area contributed by atoms with Gasteiger partial charge < -0.3 is 15.8 Å². The number of methoxy groups -OCH3 is 1. The van der Waals surface area contributed by atoms with Gasteiger partial charge in [0.25, 0.3) is 0 Å². The van der Waals surface area contributed by atoms with E-state index in [9.17, 15) is 4.79 Å². The van der Waals surface area contributed by atoms with Gasteiger partial charge in [-0.3, -0.25) is 4.79 Å². The van der Waals surface area contributed by atoms with Crippen molar-refractivity contribution in [1.29, 1.82) is 0 Å². The maximum absolute atomic E-state index is 12.2. The first-order valence-corrected chi connectivity index (χ1v) is 6.36. The fraction of sp³-hybridized carbons (Fsp3) is 0.500. The number of nitrogens with two attached hydrogens (primary N) is 1. The minimum Gasteiger partial charge on any atom is -0.495 e. The fourth-order valence-corrected chi connectivity index (χ4v) is 2.42. The number of carbonyl (C=O) groups excluding carboxylic acids is 1. The zero-order valence-electron chi connectivity index (χ0n) is 11.0. The van der Waals surface area contributed by atoms with Gasteiger partial charge >= 0.3 is 0 Å². The second-order valence-electron chi connectivity index (χ2n) is 4.90. The monoisotopic (exact) mass is 248 g/mol. The Morgan fingerprint density at radius 1 is 1.50 bits per heavy atom. The van der Waals surface area contributed by atoms with Crippen LogP contribution >= 0.6 is 0 Å². The van der Waals surface area contributed by atoms with E-state index in [0.29, 0.717) is 11.4 Å². The molecule has 0 spiro atoms. The molecule has 1 aromatic rings. The molecular weight excluding hydrogens is 228 g/mol. The molecule has 0 unspecified atom stereocenters. The molecule has 4 heteroatoms. The Hall–Kier alpha value is -1.71. The second-order valence-corrected chi connectivity index (χ2v) is 4.90. The molecule has 0 atom stereocenters. The van der Waals surface area contributed by atoms with Crippen LogP contribution in [0.5, 0.6) is 5.75 Å². The molecule has 1 saturated carbocycles. The molecule has 1 amide bonds. The Bertz CT molecular complexity index is 448. The third kappa shape index (κ3) is 2.15. The van der Waals surface area contributed by atoms with Crippen LogP contribution in [0.15, 0.2) is 18.2 Å². The number of benzene rings is 1. The van der Waals surface area contributed by atoms with E-state index in [2.05, 4.69) is 12.2 Å². The zero-order chi connectivity index (χ0) is 13.2. The highest BCUT2D eigenvalue weighted by atomic mass is 16.5. The molecule has 0 aliphatic heterocycles. The average molecular weight is 248 g/mol. The lowest BCUT2D eigenvalue weighted by Gasteiger charge is -2.39. The van der Waals surface area contributed by atoms with Gasteiger partial charge in [0.1, 0.15) is 5.75 Å². The third-order valence-corrected chi connectivity index (χ3v) is 3.96. The molecule has 0 aromatic heterocycles. The Labute approximate surface area is 108 Å². The minimum absolute atomic E-state index is 0.112. The summed E-state index contributed by atoms with van der Waals surface area (Å²) in [6.07, 6.45) is 4.01. The van der Waals surface area contributed by atoms with Gasteiger partial charge in [0, 0.05) is 11.1 Å². The van der Waals surface area contributed by atoms with E-state index in [-0.39, 0.29) is 11.3 Å². The SMILES string of the molecule is CCC1(C(=O)Nc2ccc(OC)c(N)c2)CCC1. The first-order valence-electron chi connectivity index (χ1n) is 6.36. The van der Waals surface area contributed by atoms with Crippen molar-refractivity contribution in [1.82, 2.24) is 0 Å². The van der Waals surface area contributed by atoms with Crippen molar-refractivity contribution in [3.8, 4) is 5.75 Å². The minimum atomic E-state index is -0.158. The quantitative estimate of drug-likeness (QED) is 0.805. The van der Waals surface area contributed by atoms with Gasteiger partial charge in [-0.05, 0) is 37.5 Å². The molecule has 1 aromatic carbocycles. The van der Waals surface area contributed by atoms with Crippen molar-refractivity contribution in [3.63, 3.8) is 0 Å². The number of carbonyl (C=O) groups is 1. The van der Waals surface area contributed by atoms with E-state index in [4.69, 9.17) is 10.5 Å². The fourth-order valence-electron chi connectivity index (χ4n) is 2.42. The van der Waals surface area contributed by atoms with E-state index in [1.165, 1.54) is 0 Å². The van der Waals surface area contributed by atoms with Gasteiger partial charge in [-0.2, -0.15) is 0 Å². The number of nitrogen functional groups attached to an aromatic ring is 1. The van der Waals surface area contributed by atoms with E-state index in [0.717, 1.165) is 31.4 Å². The van der Waals surface area contributed by atoms with Crippen LogP contribution in [0.1, 0.15) is 32.6 Å². The molecule has 1 aliphatic rings. The summed E-state index contributed by atoms with van der Waals surface area (Å²) in [7, 11) is 1.57. The number of ether oxygens (including phenoxy) is 1. The van der Waals surface area contributed by atoms with Gasteiger partial charge in [0.15, 0.2) is 0 Å². The molecule has 0 radical (unpaired) electrons. The Morgan fingerprint density at radius 2 is 2.22 bits per heavy atom. The summed E-state index contributed by atoms with van der Waals surface area (Å²) in [5.41, 5.74) is 6.93. The topological polar surface area (TPSA) is 64.3 Å². The highest BCUT2D eigenvalue weighted by Gasteiger charge is 2.42. The van der Waals surface area contributed by atoms with Crippen molar-refractivity contribution in [2.75, 3.05) is 18.2 Å². The van der Waals surface area contributed by atoms with Crippen LogP contribution in [0.25, 0.3) is 0 Å². The maximum Gasteiger partial charge on any atom is 0.230 e. The molecular formula is C14H20N2O2. The number of rotatable bonds is 4. The molecule has 1 fully saturated rings. The molecule has 1 aliphatic carbocycles. The van der Waals surface area contributed by atoms with Crippen molar-refractivity contribution in [3.05, 3.63) is 18.2 Å². The van der Waals surface area contributed by atoms with Gasteiger partial charge in [0.2, 0.25) is 5.91 Å².